The maximum atomic E-state index is 9.39. The first-order chi connectivity index (χ1) is 10.1. The average Bonchev–Trinajstić information content (AvgIpc) is 2.49. The van der Waals surface area contributed by atoms with Crippen LogP contribution in [0.2, 0.25) is 0 Å². The molecule has 0 amide bonds. The Morgan fingerprint density at radius 3 is 2.67 bits per heavy atom. The Morgan fingerprint density at radius 1 is 1.33 bits per heavy atom. The van der Waals surface area contributed by atoms with Crippen LogP contribution in [0.15, 0.2) is 18.2 Å². The van der Waals surface area contributed by atoms with Crippen LogP contribution in [-0.2, 0) is 4.74 Å². The Kier molecular flexibility index (Phi) is 5.85. The molecule has 0 saturated carbocycles. The van der Waals surface area contributed by atoms with Crippen LogP contribution in [0.5, 0.6) is 0 Å². The lowest BCUT2D eigenvalue weighted by atomic mass is 10.1. The molecule has 2 rings (SSSR count). The summed E-state index contributed by atoms with van der Waals surface area (Å²) < 4.78 is 5.39. The summed E-state index contributed by atoms with van der Waals surface area (Å²) >= 11 is 0. The summed E-state index contributed by atoms with van der Waals surface area (Å²) in [6.07, 6.45) is 0. The molecular formula is C16H27N3O2. The highest BCUT2D eigenvalue weighted by Crippen LogP contribution is 2.28. The summed E-state index contributed by atoms with van der Waals surface area (Å²) in [5.74, 6) is 0. The Morgan fingerprint density at radius 2 is 2.05 bits per heavy atom. The molecule has 1 aromatic rings. The molecule has 1 saturated heterocycles. The number of nitrogens with one attached hydrogen (secondary N) is 1. The van der Waals surface area contributed by atoms with Gasteiger partial charge in [-0.05, 0) is 38.5 Å². The first-order valence-corrected chi connectivity index (χ1v) is 7.69. The van der Waals surface area contributed by atoms with Crippen molar-refractivity contribution in [3.8, 4) is 0 Å². The Labute approximate surface area is 127 Å². The molecule has 5 heteroatoms. The maximum absolute atomic E-state index is 9.39. The minimum Gasteiger partial charge on any atom is -0.379 e. The SMILES string of the molecule is Cc1ccc(N(CCN2CCOCC2)C(C)C)c(NO)c1. The second-order valence-electron chi connectivity index (χ2n) is 5.87. The van der Waals surface area contributed by atoms with Crippen molar-refractivity contribution in [1.82, 2.24) is 4.90 Å². The molecule has 0 unspecified atom stereocenters. The fourth-order valence-electron chi connectivity index (χ4n) is 2.72. The molecule has 1 aliphatic rings. The molecule has 1 aliphatic heterocycles. The van der Waals surface area contributed by atoms with E-state index in [4.69, 9.17) is 4.74 Å². The highest BCUT2D eigenvalue weighted by Gasteiger charge is 2.17. The van der Waals surface area contributed by atoms with Gasteiger partial charge in [0.25, 0.3) is 0 Å². The summed E-state index contributed by atoms with van der Waals surface area (Å²) in [6, 6.07) is 6.51. The fourth-order valence-corrected chi connectivity index (χ4v) is 2.72. The highest BCUT2D eigenvalue weighted by atomic mass is 16.5. The van der Waals surface area contributed by atoms with Crippen LogP contribution < -0.4 is 10.4 Å². The molecule has 5 nitrogen and oxygen atoms in total. The van der Waals surface area contributed by atoms with Crippen LogP contribution in [0.3, 0.4) is 0 Å². The van der Waals surface area contributed by atoms with Gasteiger partial charge < -0.3 is 9.64 Å². The lowest BCUT2D eigenvalue weighted by Gasteiger charge is -2.34. The third-order valence-electron chi connectivity index (χ3n) is 3.97. The van der Waals surface area contributed by atoms with E-state index in [0.29, 0.717) is 6.04 Å². The molecule has 2 N–H and O–H groups in total. The number of rotatable bonds is 6. The third-order valence-corrected chi connectivity index (χ3v) is 3.97. The van der Waals surface area contributed by atoms with Gasteiger partial charge in [-0.2, -0.15) is 0 Å². The number of ether oxygens (including phenoxy) is 1. The zero-order valence-electron chi connectivity index (χ0n) is 13.3. The molecule has 0 aliphatic carbocycles. The Bertz CT molecular complexity index is 445. The van der Waals surface area contributed by atoms with E-state index in [1.165, 1.54) is 0 Å². The number of benzene rings is 1. The third kappa shape index (κ3) is 4.33. The van der Waals surface area contributed by atoms with Gasteiger partial charge in [-0.15, -0.1) is 0 Å². The number of hydrogen-bond acceptors (Lipinski definition) is 5. The van der Waals surface area contributed by atoms with Crippen molar-refractivity contribution in [1.29, 1.82) is 0 Å². The van der Waals surface area contributed by atoms with Crippen LogP contribution in [0, 0.1) is 6.92 Å². The Hall–Kier alpha value is -1.30. The molecule has 0 spiro atoms. The first kappa shape index (κ1) is 16.1. The maximum Gasteiger partial charge on any atom is 0.0838 e. The van der Waals surface area contributed by atoms with Crippen molar-refractivity contribution in [3.05, 3.63) is 23.8 Å². The largest absolute Gasteiger partial charge is 0.379 e. The van der Waals surface area contributed by atoms with Crippen molar-refractivity contribution in [2.45, 2.75) is 26.8 Å². The quantitative estimate of drug-likeness (QED) is 0.788. The minimum absolute atomic E-state index is 0.376. The Balaban J connectivity index is 2.07. The zero-order chi connectivity index (χ0) is 15.2. The van der Waals surface area contributed by atoms with Gasteiger partial charge >= 0.3 is 0 Å². The molecule has 0 radical (unpaired) electrons. The van der Waals surface area contributed by atoms with Gasteiger partial charge in [0.1, 0.15) is 0 Å². The van der Waals surface area contributed by atoms with Crippen LogP contribution in [-0.4, -0.2) is 55.5 Å². The second kappa shape index (κ2) is 7.64. The number of morpholine rings is 1. The monoisotopic (exact) mass is 293 g/mol. The molecule has 118 valence electrons. The van der Waals surface area contributed by atoms with E-state index < -0.39 is 0 Å². The number of aryl methyl sites for hydroxylation is 1. The van der Waals surface area contributed by atoms with E-state index in [1.54, 1.807) is 0 Å². The van der Waals surface area contributed by atoms with Gasteiger partial charge in [-0.1, -0.05) is 6.07 Å². The van der Waals surface area contributed by atoms with Crippen LogP contribution in [0.4, 0.5) is 11.4 Å². The second-order valence-corrected chi connectivity index (χ2v) is 5.87. The van der Waals surface area contributed by atoms with E-state index in [1.807, 2.05) is 13.0 Å². The molecule has 0 bridgehead atoms. The molecule has 1 aromatic carbocycles. The van der Waals surface area contributed by atoms with E-state index in [9.17, 15) is 5.21 Å². The van der Waals surface area contributed by atoms with Crippen molar-refractivity contribution in [2.24, 2.45) is 0 Å². The van der Waals surface area contributed by atoms with E-state index in [2.05, 4.69) is 41.3 Å². The summed E-state index contributed by atoms with van der Waals surface area (Å²) in [6.45, 7) is 12.0. The van der Waals surface area contributed by atoms with E-state index in [0.717, 1.165) is 56.3 Å². The van der Waals surface area contributed by atoms with Crippen LogP contribution in [0.25, 0.3) is 0 Å². The molecule has 0 aromatic heterocycles. The summed E-state index contributed by atoms with van der Waals surface area (Å²) in [4.78, 5) is 4.76. The van der Waals surface area contributed by atoms with Crippen molar-refractivity contribution >= 4 is 11.4 Å². The van der Waals surface area contributed by atoms with Crippen LogP contribution in [0.1, 0.15) is 19.4 Å². The fraction of sp³-hybridized carbons (Fsp3) is 0.625. The molecule has 1 heterocycles. The van der Waals surface area contributed by atoms with E-state index >= 15 is 0 Å². The van der Waals surface area contributed by atoms with E-state index in [-0.39, 0.29) is 0 Å². The minimum atomic E-state index is 0.376. The average molecular weight is 293 g/mol. The first-order valence-electron chi connectivity index (χ1n) is 7.69. The summed E-state index contributed by atoms with van der Waals surface area (Å²) in [5, 5.41) is 9.39. The number of hydrogen-bond donors (Lipinski definition) is 2. The highest BCUT2D eigenvalue weighted by molar-refractivity contribution is 5.70. The lowest BCUT2D eigenvalue weighted by Crippen LogP contribution is -2.43. The van der Waals surface area contributed by atoms with Gasteiger partial charge in [0, 0.05) is 32.2 Å². The standard InChI is InChI=1S/C16H27N3O2/c1-13(2)19(7-6-18-8-10-21-11-9-18)16-5-4-14(3)12-15(16)17-20/h4-5,12-13,17,20H,6-11H2,1-3H3. The van der Waals surface area contributed by atoms with Gasteiger partial charge in [0.05, 0.1) is 24.6 Å². The van der Waals surface area contributed by atoms with Crippen molar-refractivity contribution in [3.63, 3.8) is 0 Å². The number of nitrogens with zero attached hydrogens (tertiary/aromatic N) is 2. The molecular weight excluding hydrogens is 266 g/mol. The van der Waals surface area contributed by atoms with Crippen LogP contribution >= 0.6 is 0 Å². The zero-order valence-corrected chi connectivity index (χ0v) is 13.3. The topological polar surface area (TPSA) is 48.0 Å². The summed E-state index contributed by atoms with van der Waals surface area (Å²) in [5.41, 5.74) is 5.28. The predicted octanol–water partition coefficient (Wildman–Crippen LogP) is 2.34. The van der Waals surface area contributed by atoms with Gasteiger partial charge in [0.2, 0.25) is 0 Å². The molecule has 21 heavy (non-hydrogen) atoms. The van der Waals surface area contributed by atoms with Crippen molar-refractivity contribution in [2.75, 3.05) is 49.8 Å². The molecule has 0 atom stereocenters. The van der Waals surface area contributed by atoms with Crippen molar-refractivity contribution < 1.29 is 9.94 Å². The lowest BCUT2D eigenvalue weighted by molar-refractivity contribution is 0.0390. The predicted molar refractivity (Wildman–Crippen MR) is 86.3 cm³/mol. The van der Waals surface area contributed by atoms with Gasteiger partial charge in [-0.25, -0.2) is 0 Å². The van der Waals surface area contributed by atoms with Gasteiger partial charge in [-0.3, -0.25) is 15.6 Å². The smallest absolute Gasteiger partial charge is 0.0838 e. The van der Waals surface area contributed by atoms with Gasteiger partial charge in [0.15, 0.2) is 0 Å². The molecule has 1 fully saturated rings. The normalized spacial score (nSPS) is 16.2. The number of anilines is 2. The summed E-state index contributed by atoms with van der Waals surface area (Å²) in [7, 11) is 0.